The summed E-state index contributed by atoms with van der Waals surface area (Å²) < 4.78 is 0. The summed E-state index contributed by atoms with van der Waals surface area (Å²) in [6, 6.07) is 24.8. The number of rotatable bonds is 6. The van der Waals surface area contributed by atoms with Gasteiger partial charge in [0.2, 0.25) is 0 Å². The maximum atomic E-state index is 4.78. The Hall–Kier alpha value is -4.78. The third kappa shape index (κ3) is 4.71. The molecule has 6 aromatic rings. The monoisotopic (exact) mass is 485 g/mol. The van der Waals surface area contributed by atoms with Crippen LogP contribution in [0.15, 0.2) is 85.2 Å². The number of aromatic amines is 1. The highest BCUT2D eigenvalue weighted by atomic mass is 15.1. The lowest BCUT2D eigenvalue weighted by atomic mass is 10.1. The van der Waals surface area contributed by atoms with Gasteiger partial charge < -0.3 is 15.2 Å². The van der Waals surface area contributed by atoms with E-state index in [9.17, 15) is 0 Å². The number of hydrogen-bond acceptors (Lipinski definition) is 6. The lowest BCUT2D eigenvalue weighted by Gasteiger charge is -2.15. The van der Waals surface area contributed by atoms with Crippen molar-refractivity contribution in [2.24, 2.45) is 0 Å². The van der Waals surface area contributed by atoms with Crippen LogP contribution in [-0.2, 0) is 6.42 Å². The molecular weight excluding hydrogens is 458 g/mol. The maximum Gasteiger partial charge on any atom is 0.178 e. The van der Waals surface area contributed by atoms with E-state index in [2.05, 4.69) is 79.8 Å². The maximum absolute atomic E-state index is 4.78. The fourth-order valence-corrected chi connectivity index (χ4v) is 4.48. The molecule has 6 rings (SSSR count). The van der Waals surface area contributed by atoms with Crippen molar-refractivity contribution in [3.63, 3.8) is 0 Å². The van der Waals surface area contributed by atoms with Gasteiger partial charge in [-0.2, -0.15) is 0 Å². The van der Waals surface area contributed by atoms with Crippen LogP contribution in [0, 0.1) is 6.92 Å². The average Bonchev–Trinajstić information content (AvgIpc) is 3.32. The molecular formula is C30H27N7. The van der Waals surface area contributed by atoms with Gasteiger partial charge in [0.15, 0.2) is 5.65 Å². The number of fused-ring (bicyclic) bond motifs is 2. The third-order valence-corrected chi connectivity index (χ3v) is 6.43. The summed E-state index contributed by atoms with van der Waals surface area (Å²) in [4.78, 5) is 23.8. The second-order valence-electron chi connectivity index (χ2n) is 9.40. The van der Waals surface area contributed by atoms with E-state index in [-0.39, 0.29) is 0 Å². The molecule has 0 aliphatic carbocycles. The second-order valence-corrected chi connectivity index (χ2v) is 9.40. The number of nitrogens with zero attached hydrogens (tertiary/aromatic N) is 5. The Morgan fingerprint density at radius 3 is 2.49 bits per heavy atom. The Morgan fingerprint density at radius 2 is 1.68 bits per heavy atom. The van der Waals surface area contributed by atoms with Crippen LogP contribution in [0.3, 0.4) is 0 Å². The number of imidazole rings is 1. The summed E-state index contributed by atoms with van der Waals surface area (Å²) in [6.07, 6.45) is 4.42. The van der Waals surface area contributed by atoms with Gasteiger partial charge in [-0.1, -0.05) is 0 Å². The third-order valence-electron chi connectivity index (χ3n) is 6.43. The number of aromatic nitrogens is 5. The van der Waals surface area contributed by atoms with Crippen LogP contribution >= 0.6 is 0 Å². The van der Waals surface area contributed by atoms with Crippen LogP contribution < -0.4 is 10.2 Å². The van der Waals surface area contributed by atoms with Crippen molar-refractivity contribution in [3.05, 3.63) is 102 Å². The highest BCUT2D eigenvalue weighted by molar-refractivity contribution is 5.95. The van der Waals surface area contributed by atoms with Gasteiger partial charge >= 0.3 is 0 Å². The molecule has 4 heterocycles. The highest BCUT2D eigenvalue weighted by Gasteiger charge is 2.10. The van der Waals surface area contributed by atoms with Gasteiger partial charge in [0, 0.05) is 72.3 Å². The van der Waals surface area contributed by atoms with Gasteiger partial charge in [0.05, 0.1) is 11.0 Å². The fraction of sp³-hybridized carbons (Fsp3) is 0.133. The normalized spacial score (nSPS) is 11.2. The molecule has 0 saturated heterocycles. The Labute approximate surface area is 215 Å². The summed E-state index contributed by atoms with van der Waals surface area (Å²) >= 11 is 0. The van der Waals surface area contributed by atoms with Crippen molar-refractivity contribution in [2.45, 2.75) is 13.3 Å². The molecule has 0 saturated carbocycles. The summed E-state index contributed by atoms with van der Waals surface area (Å²) in [7, 11) is 4.08. The van der Waals surface area contributed by atoms with E-state index in [1.54, 1.807) is 0 Å². The van der Waals surface area contributed by atoms with E-state index in [1.807, 2.05) is 51.6 Å². The predicted octanol–water partition coefficient (Wildman–Crippen LogP) is 6.28. The van der Waals surface area contributed by atoms with Crippen LogP contribution in [0.1, 0.15) is 17.0 Å². The zero-order chi connectivity index (χ0) is 25.4. The van der Waals surface area contributed by atoms with Gasteiger partial charge in [-0.05, 0) is 85.3 Å². The SMILES string of the molecule is Cc1cc(Cc2ccc3[nH]c(-c4ccc(Nc5ccnc6ccc(N(C)C)cc56)cc4)nc3n2)ccn1. The minimum absolute atomic E-state index is 0.723. The molecule has 2 N–H and O–H groups in total. The molecule has 0 bridgehead atoms. The zero-order valence-corrected chi connectivity index (χ0v) is 21.0. The number of pyridine rings is 3. The zero-order valence-electron chi connectivity index (χ0n) is 21.0. The van der Waals surface area contributed by atoms with Crippen molar-refractivity contribution < 1.29 is 0 Å². The minimum Gasteiger partial charge on any atom is -0.378 e. The molecule has 7 heteroatoms. The number of hydrogen-bond donors (Lipinski definition) is 2. The molecule has 0 atom stereocenters. The van der Waals surface area contributed by atoms with Crippen molar-refractivity contribution in [3.8, 4) is 11.4 Å². The summed E-state index contributed by atoms with van der Waals surface area (Å²) in [5, 5.41) is 4.63. The van der Waals surface area contributed by atoms with Crippen molar-refractivity contribution in [1.29, 1.82) is 0 Å². The molecule has 0 spiro atoms. The van der Waals surface area contributed by atoms with E-state index in [4.69, 9.17) is 9.97 Å². The first-order valence-corrected chi connectivity index (χ1v) is 12.2. The first kappa shape index (κ1) is 22.7. The van der Waals surface area contributed by atoms with Crippen LogP contribution in [0.2, 0.25) is 0 Å². The molecule has 0 radical (unpaired) electrons. The van der Waals surface area contributed by atoms with E-state index >= 15 is 0 Å². The smallest absolute Gasteiger partial charge is 0.178 e. The van der Waals surface area contributed by atoms with Crippen molar-refractivity contribution >= 4 is 39.1 Å². The number of anilines is 3. The first-order valence-electron chi connectivity index (χ1n) is 12.2. The Bertz CT molecular complexity index is 1720. The summed E-state index contributed by atoms with van der Waals surface area (Å²) in [6.45, 7) is 2.00. The van der Waals surface area contributed by atoms with Gasteiger partial charge in [-0.25, -0.2) is 9.97 Å². The van der Waals surface area contributed by atoms with Crippen LogP contribution in [0.5, 0.6) is 0 Å². The van der Waals surface area contributed by atoms with Gasteiger partial charge in [0.1, 0.15) is 5.82 Å². The summed E-state index contributed by atoms with van der Waals surface area (Å²) in [5.74, 6) is 0.802. The molecule has 182 valence electrons. The first-order chi connectivity index (χ1) is 18.0. The Morgan fingerprint density at radius 1 is 0.838 bits per heavy atom. The van der Waals surface area contributed by atoms with Crippen LogP contribution in [0.4, 0.5) is 17.1 Å². The molecule has 7 nitrogen and oxygen atoms in total. The Balaban J connectivity index is 1.24. The molecule has 0 fully saturated rings. The van der Waals surface area contributed by atoms with Gasteiger partial charge in [0.25, 0.3) is 0 Å². The molecule has 0 unspecified atom stereocenters. The standard InChI is InChI=1S/C30H27N7/c1-19-16-20(12-14-31-19)17-23-8-10-28-30(34-23)36-29(35-28)21-4-6-22(7-5-21)33-27-13-15-32-26-11-9-24(37(2)3)18-25(26)27/h4-16,18H,17H2,1-3H3,(H,32,33)(H,34,35,36). The fourth-order valence-electron chi connectivity index (χ4n) is 4.48. The van der Waals surface area contributed by atoms with Crippen LogP contribution in [-0.4, -0.2) is 39.0 Å². The topological polar surface area (TPSA) is 82.6 Å². The van der Waals surface area contributed by atoms with Gasteiger partial charge in [-0.3, -0.25) is 9.97 Å². The number of benzene rings is 2. The molecule has 37 heavy (non-hydrogen) atoms. The average molecular weight is 486 g/mol. The quantitative estimate of drug-likeness (QED) is 0.289. The number of nitrogens with one attached hydrogen (secondary N) is 2. The van der Waals surface area contributed by atoms with E-state index in [1.165, 1.54) is 5.56 Å². The van der Waals surface area contributed by atoms with E-state index in [0.29, 0.717) is 0 Å². The molecule has 0 aliphatic heterocycles. The summed E-state index contributed by atoms with van der Waals surface area (Å²) in [5.41, 5.74) is 9.94. The van der Waals surface area contributed by atoms with E-state index < -0.39 is 0 Å². The van der Waals surface area contributed by atoms with Gasteiger partial charge in [-0.15, -0.1) is 0 Å². The molecule has 0 amide bonds. The largest absolute Gasteiger partial charge is 0.378 e. The lowest BCUT2D eigenvalue weighted by Crippen LogP contribution is -2.08. The number of aryl methyl sites for hydroxylation is 1. The highest BCUT2D eigenvalue weighted by Crippen LogP contribution is 2.29. The molecule has 2 aromatic carbocycles. The second kappa shape index (κ2) is 9.35. The van der Waals surface area contributed by atoms with Crippen LogP contribution in [0.25, 0.3) is 33.5 Å². The van der Waals surface area contributed by atoms with Crippen molar-refractivity contribution in [2.75, 3.05) is 24.3 Å². The van der Waals surface area contributed by atoms with Crippen molar-refractivity contribution in [1.82, 2.24) is 24.9 Å². The molecule has 4 aromatic heterocycles. The Kier molecular flexibility index (Phi) is 5.73. The molecule has 0 aliphatic rings. The lowest BCUT2D eigenvalue weighted by molar-refractivity contribution is 1.06. The minimum atomic E-state index is 0.723. The number of H-pyrrole nitrogens is 1. The predicted molar refractivity (Wildman–Crippen MR) is 150 cm³/mol. The van der Waals surface area contributed by atoms with E-state index in [0.717, 1.165) is 68.3 Å².